The number of anilines is 1. The van der Waals surface area contributed by atoms with Crippen molar-refractivity contribution < 1.29 is 4.39 Å². The van der Waals surface area contributed by atoms with Crippen molar-refractivity contribution in [2.45, 2.75) is 26.2 Å². The number of hydrogen-bond donors (Lipinski definition) is 2. The smallest absolute Gasteiger partial charge is 0.294 e. The molecular formula is C13H16FN3O. The van der Waals surface area contributed by atoms with Gasteiger partial charge in [-0.3, -0.25) is 9.89 Å². The van der Waals surface area contributed by atoms with Gasteiger partial charge in [0.05, 0.1) is 11.4 Å². The second kappa shape index (κ2) is 4.01. The van der Waals surface area contributed by atoms with E-state index in [0.717, 1.165) is 0 Å². The van der Waals surface area contributed by atoms with Crippen molar-refractivity contribution in [3.8, 4) is 5.69 Å². The molecule has 1 heterocycles. The van der Waals surface area contributed by atoms with Gasteiger partial charge in [-0.2, -0.15) is 0 Å². The molecule has 2 rings (SSSR count). The third-order valence-electron chi connectivity index (χ3n) is 2.76. The van der Waals surface area contributed by atoms with Gasteiger partial charge in [-0.05, 0) is 24.3 Å². The van der Waals surface area contributed by atoms with Gasteiger partial charge in [0.1, 0.15) is 11.5 Å². The molecule has 0 aliphatic rings. The molecule has 1 aromatic carbocycles. The van der Waals surface area contributed by atoms with Crippen LogP contribution in [-0.2, 0) is 5.41 Å². The fourth-order valence-electron chi connectivity index (χ4n) is 1.79. The molecule has 4 nitrogen and oxygen atoms in total. The number of benzene rings is 1. The quantitative estimate of drug-likeness (QED) is 0.813. The van der Waals surface area contributed by atoms with E-state index in [9.17, 15) is 9.18 Å². The zero-order valence-corrected chi connectivity index (χ0v) is 10.6. The number of halogens is 1. The van der Waals surface area contributed by atoms with E-state index in [1.165, 1.54) is 28.9 Å². The van der Waals surface area contributed by atoms with Crippen LogP contribution in [0.5, 0.6) is 0 Å². The fourth-order valence-corrected chi connectivity index (χ4v) is 1.79. The summed E-state index contributed by atoms with van der Waals surface area (Å²) in [5, 5.41) is 2.98. The van der Waals surface area contributed by atoms with Crippen LogP contribution in [0, 0.1) is 5.82 Å². The molecule has 0 bridgehead atoms. The highest BCUT2D eigenvalue weighted by molar-refractivity contribution is 5.47. The van der Waals surface area contributed by atoms with E-state index >= 15 is 0 Å². The largest absolute Gasteiger partial charge is 0.393 e. The molecule has 0 radical (unpaired) electrons. The van der Waals surface area contributed by atoms with E-state index in [2.05, 4.69) is 5.10 Å². The van der Waals surface area contributed by atoms with Crippen LogP contribution >= 0.6 is 0 Å². The van der Waals surface area contributed by atoms with Gasteiger partial charge in [-0.15, -0.1) is 0 Å². The third kappa shape index (κ3) is 2.03. The van der Waals surface area contributed by atoms with Crippen LogP contribution in [0.25, 0.3) is 5.69 Å². The van der Waals surface area contributed by atoms with Gasteiger partial charge < -0.3 is 5.73 Å². The Labute approximate surface area is 104 Å². The summed E-state index contributed by atoms with van der Waals surface area (Å²) in [4.78, 5) is 12.0. The lowest BCUT2D eigenvalue weighted by Gasteiger charge is -2.16. The number of H-pyrrole nitrogens is 1. The normalized spacial score (nSPS) is 11.8. The predicted molar refractivity (Wildman–Crippen MR) is 69.5 cm³/mol. The first kappa shape index (κ1) is 12.4. The number of nitrogen functional groups attached to an aromatic ring is 1. The van der Waals surface area contributed by atoms with Gasteiger partial charge in [0.2, 0.25) is 0 Å². The highest BCUT2D eigenvalue weighted by Crippen LogP contribution is 2.24. The summed E-state index contributed by atoms with van der Waals surface area (Å²) in [6, 6.07) is 5.66. The second-order valence-corrected chi connectivity index (χ2v) is 5.27. The van der Waals surface area contributed by atoms with Crippen molar-refractivity contribution in [2.24, 2.45) is 0 Å². The Bertz CT molecular complexity index is 617. The van der Waals surface area contributed by atoms with E-state index in [1.807, 2.05) is 20.8 Å². The summed E-state index contributed by atoms with van der Waals surface area (Å²) in [5.41, 5.74) is 6.69. The lowest BCUT2D eigenvalue weighted by Crippen LogP contribution is -2.17. The van der Waals surface area contributed by atoms with Gasteiger partial charge in [-0.1, -0.05) is 20.8 Å². The van der Waals surface area contributed by atoms with Crippen LogP contribution < -0.4 is 11.3 Å². The van der Waals surface area contributed by atoms with E-state index in [1.54, 1.807) is 0 Å². The number of nitrogens with zero attached hydrogens (tertiary/aromatic N) is 1. The Morgan fingerprint density at radius 3 is 2.22 bits per heavy atom. The van der Waals surface area contributed by atoms with Crippen LogP contribution in [0.2, 0.25) is 0 Å². The maximum absolute atomic E-state index is 12.9. The van der Waals surface area contributed by atoms with Crippen molar-refractivity contribution in [1.29, 1.82) is 0 Å². The molecule has 0 aliphatic carbocycles. The number of aromatic amines is 1. The minimum Gasteiger partial charge on any atom is -0.393 e. The average molecular weight is 249 g/mol. The minimum absolute atomic E-state index is 0.201. The Morgan fingerprint density at radius 2 is 1.78 bits per heavy atom. The summed E-state index contributed by atoms with van der Waals surface area (Å²) in [6.45, 7) is 5.89. The highest BCUT2D eigenvalue weighted by Gasteiger charge is 2.23. The molecule has 18 heavy (non-hydrogen) atoms. The third-order valence-corrected chi connectivity index (χ3v) is 2.76. The van der Waals surface area contributed by atoms with Crippen molar-refractivity contribution in [1.82, 2.24) is 9.78 Å². The molecule has 0 aliphatic heterocycles. The first-order valence-corrected chi connectivity index (χ1v) is 5.67. The first-order chi connectivity index (χ1) is 8.30. The summed E-state index contributed by atoms with van der Waals surface area (Å²) in [5.74, 6) is -0.345. The Morgan fingerprint density at radius 1 is 1.22 bits per heavy atom. The molecule has 0 fully saturated rings. The molecular weight excluding hydrogens is 233 g/mol. The number of aromatic nitrogens is 2. The Hall–Kier alpha value is -2.04. The summed E-state index contributed by atoms with van der Waals surface area (Å²) < 4.78 is 14.2. The highest BCUT2D eigenvalue weighted by atomic mass is 19.1. The molecule has 0 saturated heterocycles. The van der Waals surface area contributed by atoms with E-state index in [0.29, 0.717) is 11.4 Å². The SMILES string of the molecule is CC(C)(C)c1[nH]n(-c2ccc(F)cc2)c(=O)c1N. The maximum Gasteiger partial charge on any atom is 0.294 e. The van der Waals surface area contributed by atoms with Crippen LogP contribution in [0.1, 0.15) is 26.5 Å². The monoisotopic (exact) mass is 249 g/mol. The van der Waals surface area contributed by atoms with E-state index in [-0.39, 0.29) is 22.5 Å². The van der Waals surface area contributed by atoms with Gasteiger partial charge >= 0.3 is 0 Å². The molecule has 5 heteroatoms. The van der Waals surface area contributed by atoms with E-state index < -0.39 is 0 Å². The van der Waals surface area contributed by atoms with Crippen molar-refractivity contribution in [3.63, 3.8) is 0 Å². The topological polar surface area (TPSA) is 63.8 Å². The number of nitrogens with two attached hydrogens (primary N) is 1. The van der Waals surface area contributed by atoms with Crippen molar-refractivity contribution in [3.05, 3.63) is 46.1 Å². The average Bonchev–Trinajstić information content (AvgIpc) is 2.57. The van der Waals surface area contributed by atoms with Crippen molar-refractivity contribution in [2.75, 3.05) is 5.73 Å². The number of rotatable bonds is 1. The first-order valence-electron chi connectivity index (χ1n) is 5.67. The minimum atomic E-state index is -0.345. The van der Waals surface area contributed by atoms with Crippen molar-refractivity contribution >= 4 is 5.69 Å². The zero-order chi connectivity index (χ0) is 13.5. The molecule has 1 aromatic heterocycles. The molecule has 3 N–H and O–H groups in total. The molecule has 0 saturated carbocycles. The molecule has 96 valence electrons. The van der Waals surface area contributed by atoms with E-state index in [4.69, 9.17) is 5.73 Å². The van der Waals surface area contributed by atoms with Gasteiger partial charge in [0, 0.05) is 5.41 Å². The number of nitrogens with one attached hydrogen (secondary N) is 1. The van der Waals surface area contributed by atoms with Gasteiger partial charge in [-0.25, -0.2) is 9.07 Å². The van der Waals surface area contributed by atoms with Crippen LogP contribution in [0.4, 0.5) is 10.1 Å². The summed E-state index contributed by atoms with van der Waals surface area (Å²) >= 11 is 0. The Balaban J connectivity index is 2.60. The lowest BCUT2D eigenvalue weighted by molar-refractivity contribution is 0.561. The number of hydrogen-bond acceptors (Lipinski definition) is 2. The second-order valence-electron chi connectivity index (χ2n) is 5.27. The van der Waals surface area contributed by atoms with Crippen LogP contribution in [0.3, 0.4) is 0 Å². The molecule has 2 aromatic rings. The summed E-state index contributed by atoms with van der Waals surface area (Å²) in [7, 11) is 0. The zero-order valence-electron chi connectivity index (χ0n) is 10.6. The fraction of sp³-hybridized carbons (Fsp3) is 0.308. The van der Waals surface area contributed by atoms with Crippen LogP contribution in [0.15, 0.2) is 29.1 Å². The Kier molecular flexibility index (Phi) is 2.77. The maximum atomic E-state index is 12.9. The van der Waals surface area contributed by atoms with Gasteiger partial charge in [0.25, 0.3) is 5.56 Å². The predicted octanol–water partition coefficient (Wildman–Crippen LogP) is 2.18. The lowest BCUT2D eigenvalue weighted by atomic mass is 9.91. The molecule has 0 atom stereocenters. The molecule has 0 unspecified atom stereocenters. The van der Waals surface area contributed by atoms with Gasteiger partial charge in [0.15, 0.2) is 0 Å². The van der Waals surface area contributed by atoms with Crippen LogP contribution in [-0.4, -0.2) is 9.78 Å². The molecule has 0 amide bonds. The molecule has 0 spiro atoms. The summed E-state index contributed by atoms with van der Waals surface area (Å²) in [6.07, 6.45) is 0. The standard InChI is InChI=1S/C13H16FN3O/c1-13(2,3)11-10(15)12(18)17(16-11)9-6-4-8(14)5-7-9/h4-7,16H,15H2,1-3H3.